The van der Waals surface area contributed by atoms with E-state index in [-0.39, 0.29) is 164 Å². The molecule has 0 saturated heterocycles. The summed E-state index contributed by atoms with van der Waals surface area (Å²) >= 11 is 1.87. The van der Waals surface area contributed by atoms with E-state index in [1.54, 1.807) is 0 Å². The van der Waals surface area contributed by atoms with E-state index in [9.17, 15) is 9.59 Å². The summed E-state index contributed by atoms with van der Waals surface area (Å²) in [6.07, 6.45) is 0. The Morgan fingerprint density at radius 1 is 0.833 bits per heavy atom. The summed E-state index contributed by atoms with van der Waals surface area (Å²) in [7, 11) is 0. The van der Waals surface area contributed by atoms with Gasteiger partial charge in [-0.05, 0) is 0 Å². The molecule has 4 radical (unpaired) electrons. The molecule has 0 saturated carbocycles. The third-order valence-electron chi connectivity index (χ3n) is 0.298. The molecule has 0 heterocycles. The summed E-state index contributed by atoms with van der Waals surface area (Å²) in [5.41, 5.74) is 0. The third kappa shape index (κ3) is 19.3. The number of hydrogen-bond acceptors (Lipinski definition) is 4. The number of rotatable bonds is 0. The normalized spacial score (nSPS) is 5.17. The van der Waals surface area contributed by atoms with Gasteiger partial charge in [0.25, 0.3) is 0 Å². The van der Waals surface area contributed by atoms with Gasteiger partial charge in [-0.2, -0.15) is 0 Å². The van der Waals surface area contributed by atoms with Crippen LogP contribution >= 0.6 is 0 Å². The van der Waals surface area contributed by atoms with Gasteiger partial charge in [0.2, 0.25) is 0 Å². The Labute approximate surface area is 255 Å². The van der Waals surface area contributed by atoms with Gasteiger partial charge in [-0.3, -0.25) is 0 Å². The molecule has 68 valence electrons. The van der Waals surface area contributed by atoms with Crippen molar-refractivity contribution in [1.82, 2.24) is 0 Å². The third-order valence-corrected chi connectivity index (χ3v) is 1.14. The van der Waals surface area contributed by atoms with Crippen LogP contribution in [0.4, 0.5) is 0 Å². The van der Waals surface area contributed by atoms with Crippen molar-refractivity contribution < 1.29 is 253 Å². The Kier molecular flexibility index (Phi) is 60.4. The number of carbonyl (C=O) groups is 2. The first-order valence-corrected chi connectivity index (χ1v) is 3.21. The second-order valence-corrected chi connectivity index (χ2v) is 1.65. The Morgan fingerprint density at radius 2 is 1.00 bits per heavy atom. The van der Waals surface area contributed by atoms with E-state index in [1.807, 2.05) is 0 Å². The second kappa shape index (κ2) is 23.1. The Bertz CT molecular complexity index is 112. The molecule has 0 rings (SSSR count). The van der Waals surface area contributed by atoms with Gasteiger partial charge >= 0.3 is 101 Å². The monoisotopic (exact) mass is 887 g/mol. The van der Waals surface area contributed by atoms with Crippen LogP contribution in [-0.2, 0) is 77.4 Å². The summed E-state index contributed by atoms with van der Waals surface area (Å²) in [6, 6.07) is 0. The van der Waals surface area contributed by atoms with Crippen molar-refractivity contribution in [3.63, 3.8) is 0 Å². The molecule has 0 spiro atoms. The molecule has 0 N–H and O–H groups in total. The quantitative estimate of drug-likeness (QED) is 0.294. The largest absolute Gasteiger partial charge is 0 e. The standard InChI is InChI=1S/C2H2O4.2Eu.2Gd.2Y/c3-1(4)2(5)6;;;;;;/h(H,3,4)(H,5,6);;;;;;/q;;;2*+1;;/p-2. The Balaban J connectivity index is -0.0000000408. The van der Waals surface area contributed by atoms with Crippen molar-refractivity contribution in [2.75, 3.05) is 0 Å². The molecule has 10 heteroatoms. The Morgan fingerprint density at radius 3 is 1.08 bits per heavy atom. The van der Waals surface area contributed by atoms with E-state index in [0.717, 1.165) is 77.0 Å². The van der Waals surface area contributed by atoms with Crippen LogP contribution in [0.25, 0.3) is 0 Å². The molecule has 0 atom stereocenters. The fraction of sp³-hybridized carbons (Fsp3) is 0. The van der Waals surface area contributed by atoms with Crippen molar-refractivity contribution in [2.45, 2.75) is 0 Å². The maximum absolute atomic E-state index is 10.1. The molecule has 0 aromatic carbocycles. The Hall–Kier alpha value is 6.97. The molecule has 12 heavy (non-hydrogen) atoms. The maximum atomic E-state index is 10.1. The van der Waals surface area contributed by atoms with Gasteiger partial charge in [-0.25, -0.2) is 0 Å². The molecule has 0 unspecified atom stereocenters. The first kappa shape index (κ1) is 31.4. The molecule has 0 aliphatic rings. The van der Waals surface area contributed by atoms with Crippen molar-refractivity contribution in [2.24, 2.45) is 0 Å². The van der Waals surface area contributed by atoms with Gasteiger partial charge in [0, 0.05) is 164 Å². The molecule has 0 aromatic rings. The van der Waals surface area contributed by atoms with Crippen LogP contribution in [0.2, 0.25) is 0 Å². The SMILES string of the molecule is O=C([O][Gd])C(=O)[O][Gd].[Eu].[Eu].[Y].[Y]. The van der Waals surface area contributed by atoms with Crippen LogP contribution < -0.4 is 0 Å². The fourth-order valence-electron chi connectivity index (χ4n) is 0.0589. The first-order chi connectivity index (χ1) is 3.72. The van der Waals surface area contributed by atoms with E-state index in [2.05, 4.69) is 2.35 Å². The summed E-state index contributed by atoms with van der Waals surface area (Å²) in [6.45, 7) is 0. The minimum atomic E-state index is -0.960. The molecular weight excluding hydrogens is 884 g/mol. The molecule has 0 fully saturated rings. The molecule has 0 aromatic heterocycles. The zero-order chi connectivity index (χ0) is 6.57. The summed E-state index contributed by atoms with van der Waals surface area (Å²) in [5, 5.41) is 0. The van der Waals surface area contributed by atoms with Gasteiger partial charge in [-0.1, -0.05) is 0 Å². The van der Waals surface area contributed by atoms with E-state index in [4.69, 9.17) is 0 Å². The van der Waals surface area contributed by atoms with Crippen molar-refractivity contribution >= 4 is 11.9 Å². The summed E-state index contributed by atoms with van der Waals surface area (Å²) < 4.78 is 8.04. The van der Waals surface area contributed by atoms with Crippen LogP contribution in [0.5, 0.6) is 0 Å². The maximum Gasteiger partial charge on any atom is 0 e. The molecule has 0 aliphatic heterocycles. The second-order valence-electron chi connectivity index (χ2n) is 0.719. The van der Waals surface area contributed by atoms with E-state index in [1.165, 1.54) is 0 Å². The smallest absolute Gasteiger partial charge is 0 e. The van der Waals surface area contributed by atoms with Crippen LogP contribution in [0.1, 0.15) is 0 Å². The number of hydrogen-bond donors (Lipinski definition) is 0. The van der Waals surface area contributed by atoms with Crippen molar-refractivity contribution in [3.8, 4) is 0 Å². The summed E-state index contributed by atoms with van der Waals surface area (Å²) in [5.74, 6) is -1.92. The van der Waals surface area contributed by atoms with E-state index >= 15 is 0 Å². The zero-order valence-corrected chi connectivity index (χ0v) is 20.3. The topological polar surface area (TPSA) is 52.6 Å². The van der Waals surface area contributed by atoms with Crippen LogP contribution in [0.3, 0.4) is 0 Å². The number of carbonyl (C=O) groups excluding carboxylic acids is 2. The van der Waals surface area contributed by atoms with Gasteiger partial charge in [0.15, 0.2) is 0 Å². The minimum Gasteiger partial charge on any atom is 0 e. The molecule has 4 nitrogen and oxygen atoms in total. The predicted molar refractivity (Wildman–Crippen MR) is 12.2 cm³/mol. The van der Waals surface area contributed by atoms with Crippen LogP contribution in [0, 0.1) is 176 Å². The van der Waals surface area contributed by atoms with Gasteiger partial charge in [0.05, 0.1) is 0 Å². The van der Waals surface area contributed by atoms with Crippen molar-refractivity contribution in [1.29, 1.82) is 0 Å². The summed E-state index contributed by atoms with van der Waals surface area (Å²) in [4.78, 5) is 20.1. The average Bonchev–Trinajstić information content (AvgIpc) is 1.84. The van der Waals surface area contributed by atoms with E-state index in [0.29, 0.717) is 0 Å². The van der Waals surface area contributed by atoms with Crippen molar-refractivity contribution in [3.05, 3.63) is 0 Å². The molecule has 0 bridgehead atoms. The fourth-order valence-corrected chi connectivity index (χ4v) is 0.437. The molecule has 0 aliphatic carbocycles. The predicted octanol–water partition coefficient (Wildman–Crippen LogP) is -1.00. The van der Waals surface area contributed by atoms with Crippen LogP contribution in [0.15, 0.2) is 0 Å². The van der Waals surface area contributed by atoms with Crippen LogP contribution in [-0.4, -0.2) is 11.9 Å². The molecular formula is C2Eu2Gd2O4Y2. The van der Waals surface area contributed by atoms with Gasteiger partial charge in [-0.15, -0.1) is 0 Å². The molecule has 0 amide bonds. The average molecular weight is 884 g/mol. The van der Waals surface area contributed by atoms with E-state index < -0.39 is 11.9 Å². The first-order valence-electron chi connectivity index (χ1n) is 1.36. The van der Waals surface area contributed by atoms with Gasteiger partial charge in [0.1, 0.15) is 0 Å². The minimum absolute atomic E-state index is 0. The zero-order valence-electron chi connectivity index (χ0n) is 5.25. The van der Waals surface area contributed by atoms with Gasteiger partial charge < -0.3 is 0 Å².